The number of carbonyl (C=O) groups is 1. The number of rotatable bonds is 5. The molecule has 116 valence electrons. The molecule has 0 radical (unpaired) electrons. The van der Waals surface area contributed by atoms with Crippen molar-refractivity contribution < 1.29 is 13.6 Å². The van der Waals surface area contributed by atoms with Gasteiger partial charge in [-0.25, -0.2) is 8.78 Å². The minimum atomic E-state index is -0.997. The molecule has 2 rings (SSSR count). The third-order valence-electron chi connectivity index (χ3n) is 3.73. The van der Waals surface area contributed by atoms with Gasteiger partial charge in [-0.1, -0.05) is 6.42 Å². The highest BCUT2D eigenvalue weighted by molar-refractivity contribution is 5.95. The second-order valence-corrected chi connectivity index (χ2v) is 5.34. The van der Waals surface area contributed by atoms with Crippen molar-refractivity contribution in [3.05, 3.63) is 29.3 Å². The number of nitrogens with two attached hydrogens (primary N) is 1. The van der Waals surface area contributed by atoms with E-state index in [4.69, 9.17) is 5.73 Å². The Morgan fingerprint density at radius 2 is 1.95 bits per heavy atom. The largest absolute Gasteiger partial charge is 0.396 e. The maximum Gasteiger partial charge on any atom is 0.257 e. The van der Waals surface area contributed by atoms with Gasteiger partial charge in [0.2, 0.25) is 0 Å². The summed E-state index contributed by atoms with van der Waals surface area (Å²) in [4.78, 5) is 14.2. The molecule has 0 spiro atoms. The van der Waals surface area contributed by atoms with E-state index in [0.717, 1.165) is 38.2 Å². The number of likely N-dealkylation sites (tertiary alicyclic amines) is 1. The third kappa shape index (κ3) is 4.14. The molecule has 1 aliphatic rings. The van der Waals surface area contributed by atoms with Gasteiger partial charge in [-0.2, -0.15) is 0 Å². The molecule has 0 unspecified atom stereocenters. The van der Waals surface area contributed by atoms with Gasteiger partial charge < -0.3 is 16.0 Å². The van der Waals surface area contributed by atoms with Gasteiger partial charge in [-0.05, 0) is 51.0 Å². The average Bonchev–Trinajstić information content (AvgIpc) is 2.49. The van der Waals surface area contributed by atoms with Gasteiger partial charge >= 0.3 is 0 Å². The molecule has 1 aromatic carbocycles. The van der Waals surface area contributed by atoms with Gasteiger partial charge in [0.05, 0.1) is 5.69 Å². The van der Waals surface area contributed by atoms with Crippen LogP contribution in [0.4, 0.5) is 14.5 Å². The fraction of sp³-hybridized carbons (Fsp3) is 0.533. The number of piperidine rings is 1. The summed E-state index contributed by atoms with van der Waals surface area (Å²) in [5.74, 6) is -2.64. The van der Waals surface area contributed by atoms with Crippen molar-refractivity contribution in [1.29, 1.82) is 0 Å². The van der Waals surface area contributed by atoms with Crippen molar-refractivity contribution in [3.8, 4) is 0 Å². The Morgan fingerprint density at radius 1 is 1.24 bits per heavy atom. The standard InChI is InChI=1S/C15H21F2N3O/c16-11-5-6-12(18)14(17)13(11)15(21)19-7-4-10-20-8-2-1-3-9-20/h5-6H,1-4,7-10,18H2,(H,19,21). The minimum Gasteiger partial charge on any atom is -0.396 e. The number of hydrogen-bond donors (Lipinski definition) is 2. The SMILES string of the molecule is Nc1ccc(F)c(C(=O)NCCCN2CCCCC2)c1F. The van der Waals surface area contributed by atoms with Crippen molar-refractivity contribution >= 4 is 11.6 Å². The molecule has 0 aromatic heterocycles. The van der Waals surface area contributed by atoms with E-state index in [-0.39, 0.29) is 5.69 Å². The molecule has 0 saturated carbocycles. The zero-order valence-corrected chi connectivity index (χ0v) is 12.0. The normalized spacial score (nSPS) is 15.9. The first kappa shape index (κ1) is 15.7. The predicted octanol–water partition coefficient (Wildman–Crippen LogP) is 2.15. The number of nitrogen functional groups attached to an aromatic ring is 1. The van der Waals surface area contributed by atoms with E-state index < -0.39 is 23.1 Å². The molecular formula is C15H21F2N3O. The second-order valence-electron chi connectivity index (χ2n) is 5.34. The number of anilines is 1. The van der Waals surface area contributed by atoms with E-state index in [2.05, 4.69) is 10.2 Å². The number of nitrogens with zero attached hydrogens (tertiary/aromatic N) is 1. The van der Waals surface area contributed by atoms with E-state index in [1.54, 1.807) is 0 Å². The maximum atomic E-state index is 13.7. The molecule has 1 fully saturated rings. The van der Waals surface area contributed by atoms with Crippen LogP contribution in [-0.2, 0) is 0 Å². The Hall–Kier alpha value is -1.69. The second kappa shape index (κ2) is 7.36. The maximum absolute atomic E-state index is 13.7. The third-order valence-corrected chi connectivity index (χ3v) is 3.73. The molecule has 0 aliphatic carbocycles. The van der Waals surface area contributed by atoms with E-state index >= 15 is 0 Å². The minimum absolute atomic E-state index is 0.227. The first-order valence-electron chi connectivity index (χ1n) is 7.33. The summed E-state index contributed by atoms with van der Waals surface area (Å²) in [7, 11) is 0. The number of carbonyl (C=O) groups excluding carboxylic acids is 1. The van der Waals surface area contributed by atoms with E-state index in [1.165, 1.54) is 19.3 Å². The Balaban J connectivity index is 1.81. The molecule has 1 heterocycles. The van der Waals surface area contributed by atoms with Gasteiger partial charge in [0.15, 0.2) is 5.82 Å². The summed E-state index contributed by atoms with van der Waals surface area (Å²) in [6, 6.07) is 2.11. The van der Waals surface area contributed by atoms with Crippen LogP contribution in [0.1, 0.15) is 36.0 Å². The summed E-state index contributed by atoms with van der Waals surface area (Å²) < 4.78 is 27.2. The zero-order chi connectivity index (χ0) is 15.2. The van der Waals surface area contributed by atoms with Gasteiger partial charge in [0, 0.05) is 6.54 Å². The lowest BCUT2D eigenvalue weighted by molar-refractivity contribution is 0.0943. The number of hydrogen-bond acceptors (Lipinski definition) is 3. The Bertz CT molecular complexity index is 502. The fourth-order valence-corrected chi connectivity index (χ4v) is 2.55. The van der Waals surface area contributed by atoms with Crippen molar-refractivity contribution in [2.45, 2.75) is 25.7 Å². The monoisotopic (exact) mass is 297 g/mol. The smallest absolute Gasteiger partial charge is 0.257 e. The molecule has 3 N–H and O–H groups in total. The van der Waals surface area contributed by atoms with Gasteiger partial charge in [0.1, 0.15) is 11.4 Å². The average molecular weight is 297 g/mol. The number of halogens is 2. The first-order valence-corrected chi connectivity index (χ1v) is 7.33. The lowest BCUT2D eigenvalue weighted by Gasteiger charge is -2.26. The Kier molecular flexibility index (Phi) is 5.50. The summed E-state index contributed by atoms with van der Waals surface area (Å²) in [6.07, 6.45) is 4.47. The van der Waals surface area contributed by atoms with Crippen LogP contribution in [0.5, 0.6) is 0 Å². The Labute approximate surface area is 123 Å². The molecule has 1 aliphatic heterocycles. The van der Waals surface area contributed by atoms with Crippen molar-refractivity contribution in [1.82, 2.24) is 10.2 Å². The molecule has 1 saturated heterocycles. The zero-order valence-electron chi connectivity index (χ0n) is 12.0. The molecule has 0 bridgehead atoms. The van der Waals surface area contributed by atoms with Crippen LogP contribution < -0.4 is 11.1 Å². The molecule has 0 atom stereocenters. The molecule has 21 heavy (non-hydrogen) atoms. The molecule has 6 heteroatoms. The number of amides is 1. The molecule has 1 amide bonds. The highest BCUT2D eigenvalue weighted by Crippen LogP contribution is 2.18. The van der Waals surface area contributed by atoms with Crippen LogP contribution >= 0.6 is 0 Å². The molecule has 1 aromatic rings. The summed E-state index contributed by atoms with van der Waals surface area (Å²) >= 11 is 0. The highest BCUT2D eigenvalue weighted by Gasteiger charge is 2.19. The van der Waals surface area contributed by atoms with Crippen molar-refractivity contribution in [2.24, 2.45) is 0 Å². The van der Waals surface area contributed by atoms with Gasteiger partial charge in [-0.15, -0.1) is 0 Å². The number of benzene rings is 1. The van der Waals surface area contributed by atoms with Crippen LogP contribution in [-0.4, -0.2) is 37.0 Å². The van der Waals surface area contributed by atoms with E-state index in [0.29, 0.717) is 6.54 Å². The van der Waals surface area contributed by atoms with Crippen LogP contribution in [0.15, 0.2) is 12.1 Å². The van der Waals surface area contributed by atoms with Gasteiger partial charge in [-0.3, -0.25) is 4.79 Å². The lowest BCUT2D eigenvalue weighted by atomic mass is 10.1. The van der Waals surface area contributed by atoms with E-state index in [9.17, 15) is 13.6 Å². The van der Waals surface area contributed by atoms with Crippen molar-refractivity contribution in [3.63, 3.8) is 0 Å². The molecule has 4 nitrogen and oxygen atoms in total. The van der Waals surface area contributed by atoms with E-state index in [1.807, 2.05) is 0 Å². The van der Waals surface area contributed by atoms with Crippen LogP contribution in [0.3, 0.4) is 0 Å². The fourth-order valence-electron chi connectivity index (χ4n) is 2.55. The van der Waals surface area contributed by atoms with Crippen LogP contribution in [0, 0.1) is 11.6 Å². The van der Waals surface area contributed by atoms with Crippen LogP contribution in [0.2, 0.25) is 0 Å². The summed E-state index contributed by atoms with van der Waals surface area (Å²) in [5, 5.41) is 2.55. The highest BCUT2D eigenvalue weighted by atomic mass is 19.1. The van der Waals surface area contributed by atoms with Crippen LogP contribution in [0.25, 0.3) is 0 Å². The topological polar surface area (TPSA) is 58.4 Å². The lowest BCUT2D eigenvalue weighted by Crippen LogP contribution is -2.33. The first-order chi connectivity index (χ1) is 10.1. The Morgan fingerprint density at radius 3 is 2.67 bits per heavy atom. The predicted molar refractivity (Wildman–Crippen MR) is 78.0 cm³/mol. The van der Waals surface area contributed by atoms with Crippen molar-refractivity contribution in [2.75, 3.05) is 31.9 Å². The quantitative estimate of drug-likeness (QED) is 0.647. The number of nitrogens with one attached hydrogen (secondary N) is 1. The van der Waals surface area contributed by atoms with Gasteiger partial charge in [0.25, 0.3) is 5.91 Å². The summed E-state index contributed by atoms with van der Waals surface area (Å²) in [5.41, 5.74) is 4.52. The summed E-state index contributed by atoms with van der Waals surface area (Å²) in [6.45, 7) is 3.46. The molecular weight excluding hydrogens is 276 g/mol.